The van der Waals surface area contributed by atoms with E-state index < -0.39 is 0 Å². The molecule has 18 heavy (non-hydrogen) atoms. The van der Waals surface area contributed by atoms with Crippen LogP contribution in [0.3, 0.4) is 0 Å². The Kier molecular flexibility index (Phi) is 3.56. The Bertz CT molecular complexity index is 578. The summed E-state index contributed by atoms with van der Waals surface area (Å²) >= 11 is 0. The minimum atomic E-state index is 0.942. The highest BCUT2D eigenvalue weighted by molar-refractivity contribution is 5.53. The SMILES string of the molecule is Cc1ccc(C)c(/N=N/c2c(C)cccc2C)c1. The monoisotopic (exact) mass is 238 g/mol. The summed E-state index contributed by atoms with van der Waals surface area (Å²) in [6.07, 6.45) is 0. The number of benzene rings is 2. The van der Waals surface area contributed by atoms with Crippen LogP contribution in [-0.2, 0) is 0 Å². The van der Waals surface area contributed by atoms with E-state index in [0.29, 0.717) is 0 Å². The maximum Gasteiger partial charge on any atom is 0.0915 e. The maximum absolute atomic E-state index is 4.40. The second-order valence-electron chi connectivity index (χ2n) is 4.73. The third kappa shape index (κ3) is 2.65. The van der Waals surface area contributed by atoms with Crippen LogP contribution in [-0.4, -0.2) is 0 Å². The quantitative estimate of drug-likeness (QED) is 0.631. The molecule has 0 saturated heterocycles. The minimum Gasteiger partial charge on any atom is -0.150 e. The fraction of sp³-hybridized carbons (Fsp3) is 0.250. The molecule has 0 radical (unpaired) electrons. The number of azo groups is 1. The lowest BCUT2D eigenvalue weighted by molar-refractivity contribution is 1.17. The van der Waals surface area contributed by atoms with Gasteiger partial charge < -0.3 is 0 Å². The molecule has 0 heterocycles. The van der Waals surface area contributed by atoms with E-state index in [9.17, 15) is 0 Å². The lowest BCUT2D eigenvalue weighted by atomic mass is 10.1. The molecular formula is C16H18N2. The van der Waals surface area contributed by atoms with Crippen molar-refractivity contribution in [2.24, 2.45) is 10.2 Å². The lowest BCUT2D eigenvalue weighted by Crippen LogP contribution is -1.79. The van der Waals surface area contributed by atoms with Crippen LogP contribution in [0.25, 0.3) is 0 Å². The van der Waals surface area contributed by atoms with E-state index in [0.717, 1.165) is 28.1 Å². The van der Waals surface area contributed by atoms with Gasteiger partial charge in [-0.1, -0.05) is 30.3 Å². The predicted octanol–water partition coefficient (Wildman–Crippen LogP) is 5.34. The number of nitrogens with zero attached hydrogens (tertiary/aromatic N) is 2. The first-order chi connectivity index (χ1) is 8.58. The summed E-state index contributed by atoms with van der Waals surface area (Å²) < 4.78 is 0. The number of hydrogen-bond donors (Lipinski definition) is 0. The molecule has 0 fully saturated rings. The van der Waals surface area contributed by atoms with Gasteiger partial charge >= 0.3 is 0 Å². The van der Waals surface area contributed by atoms with E-state index >= 15 is 0 Å². The zero-order valence-electron chi connectivity index (χ0n) is 11.4. The van der Waals surface area contributed by atoms with Gasteiger partial charge in [0.05, 0.1) is 11.4 Å². The zero-order chi connectivity index (χ0) is 13.1. The third-order valence-corrected chi connectivity index (χ3v) is 3.06. The van der Waals surface area contributed by atoms with Gasteiger partial charge in [0.15, 0.2) is 0 Å². The molecule has 2 rings (SSSR count). The van der Waals surface area contributed by atoms with Crippen molar-refractivity contribution < 1.29 is 0 Å². The molecule has 0 atom stereocenters. The van der Waals surface area contributed by atoms with Crippen LogP contribution in [0.1, 0.15) is 22.3 Å². The third-order valence-electron chi connectivity index (χ3n) is 3.06. The molecule has 2 heteroatoms. The fourth-order valence-electron chi connectivity index (χ4n) is 1.89. The molecule has 0 N–H and O–H groups in total. The standard InChI is InChI=1S/C16H18N2/c1-11-8-9-12(2)15(10-11)17-18-16-13(3)6-5-7-14(16)4/h5-10H,1-4H3/b18-17+. The summed E-state index contributed by atoms with van der Waals surface area (Å²) in [5, 5.41) is 8.79. The second-order valence-corrected chi connectivity index (χ2v) is 4.73. The number of rotatable bonds is 2. The summed E-state index contributed by atoms with van der Waals surface area (Å²) in [5.41, 5.74) is 6.58. The Balaban J connectivity index is 2.39. The van der Waals surface area contributed by atoms with Gasteiger partial charge in [0, 0.05) is 0 Å². The van der Waals surface area contributed by atoms with Crippen LogP contribution >= 0.6 is 0 Å². The Morgan fingerprint density at radius 3 is 2.06 bits per heavy atom. The summed E-state index contributed by atoms with van der Waals surface area (Å²) in [7, 11) is 0. The normalized spacial score (nSPS) is 11.1. The molecule has 0 saturated carbocycles. The number of hydrogen-bond acceptors (Lipinski definition) is 2. The fourth-order valence-corrected chi connectivity index (χ4v) is 1.89. The molecule has 0 unspecified atom stereocenters. The zero-order valence-corrected chi connectivity index (χ0v) is 11.4. The maximum atomic E-state index is 4.40. The van der Waals surface area contributed by atoms with Crippen LogP contribution in [0.4, 0.5) is 11.4 Å². The van der Waals surface area contributed by atoms with Crippen molar-refractivity contribution >= 4 is 11.4 Å². The molecule has 0 aliphatic carbocycles. The van der Waals surface area contributed by atoms with E-state index in [4.69, 9.17) is 0 Å². The van der Waals surface area contributed by atoms with Gasteiger partial charge in [-0.3, -0.25) is 0 Å². The Labute approximate surface area is 108 Å². The predicted molar refractivity (Wildman–Crippen MR) is 76.0 cm³/mol. The second kappa shape index (κ2) is 5.13. The average molecular weight is 238 g/mol. The average Bonchev–Trinajstić information content (AvgIpc) is 2.33. The molecule has 0 aliphatic rings. The van der Waals surface area contributed by atoms with E-state index in [1.165, 1.54) is 5.56 Å². The molecule has 0 bridgehead atoms. The minimum absolute atomic E-state index is 0.942. The van der Waals surface area contributed by atoms with Crippen LogP contribution in [0.5, 0.6) is 0 Å². The van der Waals surface area contributed by atoms with Gasteiger partial charge in [0.25, 0.3) is 0 Å². The van der Waals surface area contributed by atoms with Crippen molar-refractivity contribution in [2.45, 2.75) is 27.7 Å². The van der Waals surface area contributed by atoms with Gasteiger partial charge in [-0.15, -0.1) is 0 Å². The number of aryl methyl sites for hydroxylation is 4. The van der Waals surface area contributed by atoms with E-state index in [-0.39, 0.29) is 0 Å². The molecule has 0 spiro atoms. The molecule has 0 aromatic heterocycles. The van der Waals surface area contributed by atoms with Crippen LogP contribution in [0.15, 0.2) is 46.6 Å². The Hall–Kier alpha value is -1.96. The van der Waals surface area contributed by atoms with E-state index in [2.05, 4.69) is 68.3 Å². The van der Waals surface area contributed by atoms with E-state index in [1.807, 2.05) is 6.07 Å². The Morgan fingerprint density at radius 1 is 0.722 bits per heavy atom. The van der Waals surface area contributed by atoms with Crippen molar-refractivity contribution in [2.75, 3.05) is 0 Å². The van der Waals surface area contributed by atoms with Gasteiger partial charge in [0.2, 0.25) is 0 Å². The first-order valence-electron chi connectivity index (χ1n) is 6.13. The van der Waals surface area contributed by atoms with Crippen molar-refractivity contribution in [3.63, 3.8) is 0 Å². The molecule has 2 nitrogen and oxygen atoms in total. The summed E-state index contributed by atoms with van der Waals surface area (Å²) in [6, 6.07) is 12.4. The van der Waals surface area contributed by atoms with E-state index in [1.54, 1.807) is 0 Å². The summed E-state index contributed by atoms with van der Waals surface area (Å²) in [5.74, 6) is 0. The highest BCUT2D eigenvalue weighted by atomic mass is 15.1. The van der Waals surface area contributed by atoms with Gasteiger partial charge in [-0.2, -0.15) is 10.2 Å². The van der Waals surface area contributed by atoms with Gasteiger partial charge in [-0.05, 0) is 56.0 Å². The van der Waals surface area contributed by atoms with Gasteiger partial charge in [0.1, 0.15) is 0 Å². The first kappa shape index (κ1) is 12.5. The van der Waals surface area contributed by atoms with Crippen molar-refractivity contribution in [1.82, 2.24) is 0 Å². The van der Waals surface area contributed by atoms with Crippen LogP contribution in [0.2, 0.25) is 0 Å². The molecule has 92 valence electrons. The van der Waals surface area contributed by atoms with Crippen molar-refractivity contribution in [1.29, 1.82) is 0 Å². The molecule has 2 aromatic rings. The lowest BCUT2D eigenvalue weighted by Gasteiger charge is -2.04. The molecule has 0 amide bonds. The summed E-state index contributed by atoms with van der Waals surface area (Å²) in [4.78, 5) is 0. The molecular weight excluding hydrogens is 220 g/mol. The van der Waals surface area contributed by atoms with Gasteiger partial charge in [-0.25, -0.2) is 0 Å². The first-order valence-corrected chi connectivity index (χ1v) is 6.13. The highest BCUT2D eigenvalue weighted by Crippen LogP contribution is 2.27. The van der Waals surface area contributed by atoms with Crippen molar-refractivity contribution in [3.8, 4) is 0 Å². The highest BCUT2D eigenvalue weighted by Gasteiger charge is 2.01. The summed E-state index contributed by atoms with van der Waals surface area (Å²) in [6.45, 7) is 8.24. The molecule has 0 aliphatic heterocycles. The molecule has 2 aromatic carbocycles. The van der Waals surface area contributed by atoms with Crippen molar-refractivity contribution in [3.05, 3.63) is 58.7 Å². The van der Waals surface area contributed by atoms with Crippen LogP contribution < -0.4 is 0 Å². The largest absolute Gasteiger partial charge is 0.150 e. The smallest absolute Gasteiger partial charge is 0.0915 e. The van der Waals surface area contributed by atoms with Crippen LogP contribution in [0, 0.1) is 27.7 Å². The Morgan fingerprint density at radius 2 is 1.39 bits per heavy atom. The topological polar surface area (TPSA) is 24.7 Å².